The minimum atomic E-state index is -3.69. The van der Waals surface area contributed by atoms with Gasteiger partial charge in [0.15, 0.2) is 0 Å². The van der Waals surface area contributed by atoms with Crippen LogP contribution in [-0.4, -0.2) is 13.7 Å². The summed E-state index contributed by atoms with van der Waals surface area (Å²) in [5.74, 6) is -0.519. The molecular weight excluding hydrogens is 262 g/mol. The van der Waals surface area contributed by atoms with Gasteiger partial charge in [-0.05, 0) is 25.5 Å². The summed E-state index contributed by atoms with van der Waals surface area (Å²) < 4.78 is 35.2. The molecule has 0 aromatic heterocycles. The quantitative estimate of drug-likeness (QED) is 0.792. The molecule has 0 fully saturated rings. The second-order valence-electron chi connectivity index (χ2n) is 3.19. The molecule has 0 aliphatic carbocycles. The normalized spacial score (nSPS) is 13.9. The maximum Gasteiger partial charge on any atom is 0.235 e. The smallest absolute Gasteiger partial charge is 0.212 e. The van der Waals surface area contributed by atoms with Gasteiger partial charge in [-0.2, -0.15) is 0 Å². The first kappa shape index (κ1) is 12.7. The lowest BCUT2D eigenvalue weighted by Gasteiger charge is -2.09. The summed E-state index contributed by atoms with van der Waals surface area (Å²) in [6.45, 7) is 1.41. The van der Waals surface area contributed by atoms with E-state index in [0.717, 1.165) is 0 Å². The molecule has 0 N–H and O–H groups in total. The van der Waals surface area contributed by atoms with Gasteiger partial charge in [-0.1, -0.05) is 17.7 Å². The Balaban J connectivity index is 3.00. The first-order valence-corrected chi connectivity index (χ1v) is 6.93. The van der Waals surface area contributed by atoms with Crippen LogP contribution < -0.4 is 0 Å². The Hall–Kier alpha value is -0.320. The summed E-state index contributed by atoms with van der Waals surface area (Å²) in [6.07, 6.45) is -0.0304. The van der Waals surface area contributed by atoms with E-state index < -0.39 is 20.1 Å². The van der Waals surface area contributed by atoms with Crippen LogP contribution in [0.4, 0.5) is 4.39 Å². The fraction of sp³-hybridized carbons (Fsp3) is 0.333. The second kappa shape index (κ2) is 4.68. The van der Waals surface area contributed by atoms with Crippen molar-refractivity contribution in [3.05, 3.63) is 34.6 Å². The third-order valence-corrected chi connectivity index (χ3v) is 4.43. The highest BCUT2D eigenvalue weighted by molar-refractivity contribution is 8.14. The maximum atomic E-state index is 13.3. The number of benzene rings is 1. The number of halogens is 3. The molecule has 1 aromatic rings. The van der Waals surface area contributed by atoms with Crippen molar-refractivity contribution in [1.29, 1.82) is 0 Å². The van der Waals surface area contributed by atoms with E-state index >= 15 is 0 Å². The van der Waals surface area contributed by atoms with E-state index in [1.807, 2.05) is 0 Å². The van der Waals surface area contributed by atoms with E-state index in [1.54, 1.807) is 0 Å². The SMILES string of the molecule is CC(Cc1c(F)cccc1Cl)S(=O)(=O)Cl. The fourth-order valence-electron chi connectivity index (χ4n) is 1.11. The second-order valence-corrected chi connectivity index (χ2v) is 6.64. The van der Waals surface area contributed by atoms with Gasteiger partial charge in [-0.15, -0.1) is 0 Å². The van der Waals surface area contributed by atoms with Crippen molar-refractivity contribution in [3.63, 3.8) is 0 Å². The van der Waals surface area contributed by atoms with E-state index in [4.69, 9.17) is 22.3 Å². The van der Waals surface area contributed by atoms with Crippen LogP contribution in [0.3, 0.4) is 0 Å². The Morgan fingerprint density at radius 3 is 2.53 bits per heavy atom. The van der Waals surface area contributed by atoms with Gasteiger partial charge in [0.2, 0.25) is 9.05 Å². The molecule has 15 heavy (non-hydrogen) atoms. The van der Waals surface area contributed by atoms with Crippen LogP contribution in [0.5, 0.6) is 0 Å². The Labute approximate surface area is 97.4 Å². The zero-order valence-electron chi connectivity index (χ0n) is 7.88. The molecule has 1 aromatic carbocycles. The predicted octanol–water partition coefficient (Wildman–Crippen LogP) is 2.98. The summed E-state index contributed by atoms with van der Waals surface area (Å²) in [7, 11) is 1.46. The Kier molecular flexibility index (Phi) is 3.98. The summed E-state index contributed by atoms with van der Waals surface area (Å²) in [6, 6.07) is 4.20. The van der Waals surface area contributed by atoms with Crippen LogP contribution >= 0.6 is 22.3 Å². The molecule has 2 nitrogen and oxygen atoms in total. The molecule has 0 aliphatic heterocycles. The Bertz CT molecular complexity index is 439. The van der Waals surface area contributed by atoms with Crippen LogP contribution in [0, 0.1) is 5.82 Å². The molecule has 0 bridgehead atoms. The van der Waals surface area contributed by atoms with E-state index in [0.29, 0.717) is 0 Å². The number of hydrogen-bond acceptors (Lipinski definition) is 2. The molecule has 1 atom stereocenters. The van der Waals surface area contributed by atoms with Crippen molar-refractivity contribution in [1.82, 2.24) is 0 Å². The molecule has 6 heteroatoms. The van der Waals surface area contributed by atoms with Crippen LogP contribution in [0.25, 0.3) is 0 Å². The zero-order valence-corrected chi connectivity index (χ0v) is 10.2. The lowest BCUT2D eigenvalue weighted by atomic mass is 10.1. The minimum absolute atomic E-state index is 0.0304. The van der Waals surface area contributed by atoms with Gasteiger partial charge in [-0.25, -0.2) is 12.8 Å². The van der Waals surface area contributed by atoms with Crippen molar-refractivity contribution in [2.75, 3.05) is 0 Å². The summed E-state index contributed by atoms with van der Waals surface area (Å²) in [5.41, 5.74) is 0.177. The standard InChI is InChI=1S/C9H9Cl2FO2S/c1-6(15(11,13)14)5-7-8(10)3-2-4-9(7)12/h2-4,6H,5H2,1H3. The minimum Gasteiger partial charge on any atom is -0.212 e. The highest BCUT2D eigenvalue weighted by Crippen LogP contribution is 2.23. The third kappa shape index (κ3) is 3.33. The summed E-state index contributed by atoms with van der Waals surface area (Å²) >= 11 is 5.75. The highest BCUT2D eigenvalue weighted by atomic mass is 35.7. The molecule has 1 unspecified atom stereocenters. The molecule has 0 saturated heterocycles. The molecule has 84 valence electrons. The van der Waals surface area contributed by atoms with Gasteiger partial charge in [0, 0.05) is 21.3 Å². The Morgan fingerprint density at radius 1 is 1.47 bits per heavy atom. The van der Waals surface area contributed by atoms with Gasteiger partial charge in [-0.3, -0.25) is 0 Å². The fourth-order valence-corrected chi connectivity index (χ4v) is 1.91. The average molecular weight is 271 g/mol. The zero-order chi connectivity index (χ0) is 11.6. The first-order chi connectivity index (χ1) is 6.82. The van der Waals surface area contributed by atoms with E-state index in [-0.39, 0.29) is 17.0 Å². The number of hydrogen-bond donors (Lipinski definition) is 0. The van der Waals surface area contributed by atoms with Gasteiger partial charge in [0.05, 0.1) is 5.25 Å². The number of rotatable bonds is 3. The largest absolute Gasteiger partial charge is 0.235 e. The van der Waals surface area contributed by atoms with Crippen LogP contribution in [0.1, 0.15) is 12.5 Å². The van der Waals surface area contributed by atoms with E-state index in [1.165, 1.54) is 25.1 Å². The first-order valence-electron chi connectivity index (χ1n) is 4.18. The van der Waals surface area contributed by atoms with Crippen molar-refractivity contribution < 1.29 is 12.8 Å². The van der Waals surface area contributed by atoms with Crippen molar-refractivity contribution >= 4 is 31.3 Å². The molecule has 0 spiro atoms. The molecular formula is C9H9Cl2FO2S. The monoisotopic (exact) mass is 270 g/mol. The van der Waals surface area contributed by atoms with Gasteiger partial charge < -0.3 is 0 Å². The molecule has 0 saturated carbocycles. The molecule has 0 aliphatic rings. The van der Waals surface area contributed by atoms with Crippen molar-refractivity contribution in [2.24, 2.45) is 0 Å². The van der Waals surface area contributed by atoms with Crippen molar-refractivity contribution in [3.8, 4) is 0 Å². The molecule has 1 rings (SSSR count). The van der Waals surface area contributed by atoms with E-state index in [2.05, 4.69) is 0 Å². The summed E-state index contributed by atoms with van der Waals surface area (Å²) in [5, 5.41) is -0.657. The molecule has 0 amide bonds. The highest BCUT2D eigenvalue weighted by Gasteiger charge is 2.20. The lowest BCUT2D eigenvalue weighted by Crippen LogP contribution is -2.15. The topological polar surface area (TPSA) is 34.1 Å². The van der Waals surface area contributed by atoms with Gasteiger partial charge >= 0.3 is 0 Å². The predicted molar refractivity (Wildman–Crippen MR) is 59.3 cm³/mol. The van der Waals surface area contributed by atoms with E-state index in [9.17, 15) is 12.8 Å². The maximum absolute atomic E-state index is 13.3. The average Bonchev–Trinajstić information content (AvgIpc) is 2.09. The van der Waals surface area contributed by atoms with Crippen LogP contribution in [0.15, 0.2) is 18.2 Å². The van der Waals surface area contributed by atoms with Crippen LogP contribution in [-0.2, 0) is 15.5 Å². The van der Waals surface area contributed by atoms with Crippen molar-refractivity contribution in [2.45, 2.75) is 18.6 Å². The third-order valence-electron chi connectivity index (χ3n) is 2.03. The Morgan fingerprint density at radius 2 is 2.07 bits per heavy atom. The molecule has 0 radical (unpaired) electrons. The lowest BCUT2D eigenvalue weighted by molar-refractivity contribution is 0.587. The van der Waals surface area contributed by atoms with Gasteiger partial charge in [0.25, 0.3) is 0 Å². The van der Waals surface area contributed by atoms with Crippen LogP contribution in [0.2, 0.25) is 5.02 Å². The summed E-state index contributed by atoms with van der Waals surface area (Å²) in [4.78, 5) is 0. The molecule has 0 heterocycles. The van der Waals surface area contributed by atoms with Gasteiger partial charge in [0.1, 0.15) is 5.82 Å².